The number of hydrogen-bond acceptors (Lipinski definition) is 4. The molecule has 2 saturated carbocycles. The van der Waals surface area contributed by atoms with E-state index in [9.17, 15) is 0 Å². The van der Waals surface area contributed by atoms with Gasteiger partial charge < -0.3 is 10.3 Å². The molecule has 4 rings (SSSR count). The Hall–Kier alpha value is -1.20. The molecular formula is C15H17ClN4S. The third-order valence-electron chi connectivity index (χ3n) is 3.98. The van der Waals surface area contributed by atoms with Crippen LogP contribution >= 0.6 is 23.4 Å². The van der Waals surface area contributed by atoms with E-state index in [2.05, 4.69) is 14.8 Å². The Morgan fingerprint density at radius 1 is 1.24 bits per heavy atom. The third-order valence-corrected chi connectivity index (χ3v) is 5.32. The molecule has 0 unspecified atom stereocenters. The van der Waals surface area contributed by atoms with Crippen LogP contribution in [-0.4, -0.2) is 14.8 Å². The van der Waals surface area contributed by atoms with Crippen LogP contribution in [0.1, 0.15) is 49.0 Å². The van der Waals surface area contributed by atoms with Gasteiger partial charge in [0.2, 0.25) is 0 Å². The lowest BCUT2D eigenvalue weighted by atomic mass is 10.2. The summed E-state index contributed by atoms with van der Waals surface area (Å²) in [5.74, 6) is 2.64. The maximum Gasteiger partial charge on any atom is 0.191 e. The lowest BCUT2D eigenvalue weighted by Crippen LogP contribution is -2.02. The van der Waals surface area contributed by atoms with Crippen molar-refractivity contribution < 1.29 is 0 Å². The molecule has 110 valence electrons. The number of rotatable bonds is 5. The van der Waals surface area contributed by atoms with Crippen LogP contribution in [0.25, 0.3) is 0 Å². The first-order valence-electron chi connectivity index (χ1n) is 7.34. The zero-order valence-corrected chi connectivity index (χ0v) is 13.2. The fourth-order valence-corrected chi connectivity index (χ4v) is 3.86. The predicted octanol–water partition coefficient (Wildman–Crippen LogP) is 4.02. The van der Waals surface area contributed by atoms with Gasteiger partial charge >= 0.3 is 0 Å². The number of nitrogens with zero attached hydrogens (tertiary/aromatic N) is 3. The zero-order valence-electron chi connectivity index (χ0n) is 11.6. The molecule has 2 aromatic rings. The standard InChI is InChI=1S/C15H17ClN4S/c16-13-7-11(17)4-3-10(13)8-21-15-19-18-14(9-1-2-9)20(15)12-5-6-12/h3-4,7,9,12H,1-2,5-6,8,17H2. The van der Waals surface area contributed by atoms with Crippen LogP contribution in [0.5, 0.6) is 0 Å². The molecule has 6 heteroatoms. The van der Waals surface area contributed by atoms with Gasteiger partial charge in [-0.05, 0) is 43.4 Å². The Bertz CT molecular complexity index is 676. The minimum Gasteiger partial charge on any atom is -0.399 e. The van der Waals surface area contributed by atoms with E-state index in [4.69, 9.17) is 17.3 Å². The fraction of sp³-hybridized carbons (Fsp3) is 0.467. The van der Waals surface area contributed by atoms with E-state index in [1.807, 2.05) is 12.1 Å². The van der Waals surface area contributed by atoms with Crippen molar-refractivity contribution in [2.75, 3.05) is 5.73 Å². The number of hydrogen-bond donors (Lipinski definition) is 1. The molecule has 1 aromatic carbocycles. The van der Waals surface area contributed by atoms with Crippen LogP contribution in [0.15, 0.2) is 23.4 Å². The summed E-state index contributed by atoms with van der Waals surface area (Å²) in [6, 6.07) is 6.31. The van der Waals surface area contributed by atoms with E-state index in [-0.39, 0.29) is 0 Å². The second kappa shape index (κ2) is 5.21. The first kappa shape index (κ1) is 13.5. The molecule has 0 aliphatic heterocycles. The van der Waals surface area contributed by atoms with Crippen molar-refractivity contribution in [3.63, 3.8) is 0 Å². The van der Waals surface area contributed by atoms with Gasteiger partial charge in [-0.2, -0.15) is 0 Å². The van der Waals surface area contributed by atoms with Crippen molar-refractivity contribution >= 4 is 29.1 Å². The lowest BCUT2D eigenvalue weighted by molar-refractivity contribution is 0.627. The average molecular weight is 321 g/mol. The minimum atomic E-state index is 0.625. The molecule has 2 aliphatic rings. The van der Waals surface area contributed by atoms with E-state index in [1.165, 1.54) is 31.5 Å². The van der Waals surface area contributed by atoms with Crippen LogP contribution in [0, 0.1) is 0 Å². The number of benzene rings is 1. The zero-order chi connectivity index (χ0) is 14.4. The number of aromatic nitrogens is 3. The maximum atomic E-state index is 6.24. The summed E-state index contributed by atoms with van der Waals surface area (Å²) in [7, 11) is 0. The summed E-state index contributed by atoms with van der Waals surface area (Å²) >= 11 is 7.96. The molecule has 1 heterocycles. The Labute approximate surface area is 133 Å². The van der Waals surface area contributed by atoms with Gasteiger partial charge in [-0.1, -0.05) is 29.4 Å². The molecule has 0 spiro atoms. The summed E-state index contributed by atoms with van der Waals surface area (Å²) in [5, 5.41) is 10.6. The van der Waals surface area contributed by atoms with Crippen molar-refractivity contribution in [1.82, 2.24) is 14.8 Å². The van der Waals surface area contributed by atoms with Crippen molar-refractivity contribution in [3.8, 4) is 0 Å². The second-order valence-electron chi connectivity index (χ2n) is 5.86. The number of nitrogens with two attached hydrogens (primary N) is 1. The summed E-state index contributed by atoms with van der Waals surface area (Å²) in [5.41, 5.74) is 7.52. The molecule has 1 aromatic heterocycles. The summed E-state index contributed by atoms with van der Waals surface area (Å²) in [4.78, 5) is 0. The highest BCUT2D eigenvalue weighted by molar-refractivity contribution is 7.98. The summed E-state index contributed by atoms with van der Waals surface area (Å²) in [6.07, 6.45) is 5.04. The molecule has 0 bridgehead atoms. The molecule has 2 aliphatic carbocycles. The molecule has 0 radical (unpaired) electrons. The monoisotopic (exact) mass is 320 g/mol. The Morgan fingerprint density at radius 2 is 2.05 bits per heavy atom. The molecule has 2 fully saturated rings. The average Bonchev–Trinajstić information content (AvgIpc) is 3.37. The van der Waals surface area contributed by atoms with Crippen LogP contribution < -0.4 is 5.73 Å². The van der Waals surface area contributed by atoms with E-state index in [0.717, 1.165) is 21.5 Å². The smallest absolute Gasteiger partial charge is 0.191 e. The van der Waals surface area contributed by atoms with Crippen molar-refractivity contribution in [1.29, 1.82) is 0 Å². The first-order valence-corrected chi connectivity index (χ1v) is 8.70. The second-order valence-corrected chi connectivity index (χ2v) is 7.21. The molecule has 0 saturated heterocycles. The highest BCUT2D eigenvalue weighted by Crippen LogP contribution is 2.46. The number of anilines is 1. The third kappa shape index (κ3) is 2.77. The predicted molar refractivity (Wildman–Crippen MR) is 85.7 cm³/mol. The number of thioether (sulfide) groups is 1. The Balaban J connectivity index is 1.54. The van der Waals surface area contributed by atoms with Crippen LogP contribution in [0.3, 0.4) is 0 Å². The summed E-state index contributed by atoms with van der Waals surface area (Å²) < 4.78 is 2.37. The molecule has 0 atom stereocenters. The SMILES string of the molecule is Nc1ccc(CSc2nnc(C3CC3)n2C2CC2)c(Cl)c1. The van der Waals surface area contributed by atoms with Gasteiger partial charge in [0.1, 0.15) is 5.82 Å². The normalized spacial score (nSPS) is 18.1. The van der Waals surface area contributed by atoms with Crippen LogP contribution in [0.4, 0.5) is 5.69 Å². The van der Waals surface area contributed by atoms with Gasteiger partial charge in [0, 0.05) is 28.4 Å². The van der Waals surface area contributed by atoms with Crippen molar-refractivity contribution in [2.24, 2.45) is 0 Å². The minimum absolute atomic E-state index is 0.625. The molecule has 2 N–H and O–H groups in total. The molecule has 0 amide bonds. The quantitative estimate of drug-likeness (QED) is 0.668. The topological polar surface area (TPSA) is 56.7 Å². The molecule has 21 heavy (non-hydrogen) atoms. The maximum absolute atomic E-state index is 6.24. The number of halogens is 1. The van der Waals surface area contributed by atoms with Gasteiger partial charge in [-0.15, -0.1) is 10.2 Å². The van der Waals surface area contributed by atoms with Crippen molar-refractivity contribution in [3.05, 3.63) is 34.6 Å². The van der Waals surface area contributed by atoms with Gasteiger partial charge in [0.25, 0.3) is 0 Å². The van der Waals surface area contributed by atoms with Gasteiger partial charge in [0.05, 0.1) is 0 Å². The fourth-order valence-electron chi connectivity index (χ4n) is 2.51. The summed E-state index contributed by atoms with van der Waals surface area (Å²) in [6.45, 7) is 0. The van der Waals surface area contributed by atoms with Crippen molar-refractivity contribution in [2.45, 2.75) is 48.6 Å². The number of nitrogen functional groups attached to an aromatic ring is 1. The largest absolute Gasteiger partial charge is 0.399 e. The van der Waals surface area contributed by atoms with Crippen LogP contribution in [0.2, 0.25) is 5.02 Å². The lowest BCUT2D eigenvalue weighted by Gasteiger charge is -2.09. The van der Waals surface area contributed by atoms with Gasteiger partial charge in [-0.25, -0.2) is 0 Å². The van der Waals surface area contributed by atoms with E-state index in [0.29, 0.717) is 17.6 Å². The van der Waals surface area contributed by atoms with E-state index < -0.39 is 0 Å². The van der Waals surface area contributed by atoms with E-state index in [1.54, 1.807) is 17.8 Å². The van der Waals surface area contributed by atoms with Gasteiger partial charge in [0.15, 0.2) is 5.16 Å². The Morgan fingerprint density at radius 3 is 2.71 bits per heavy atom. The highest BCUT2D eigenvalue weighted by Gasteiger charge is 2.36. The van der Waals surface area contributed by atoms with Crippen LogP contribution in [-0.2, 0) is 5.75 Å². The molecular weight excluding hydrogens is 304 g/mol. The first-order chi connectivity index (χ1) is 10.2. The van der Waals surface area contributed by atoms with Gasteiger partial charge in [-0.3, -0.25) is 0 Å². The highest BCUT2D eigenvalue weighted by atomic mass is 35.5. The Kier molecular flexibility index (Phi) is 3.34. The van der Waals surface area contributed by atoms with E-state index >= 15 is 0 Å². The molecule has 4 nitrogen and oxygen atoms in total.